The summed E-state index contributed by atoms with van der Waals surface area (Å²) in [6.45, 7) is 10.4. The third kappa shape index (κ3) is 4.37. The average Bonchev–Trinajstić information content (AvgIpc) is 2.67. The van der Waals surface area contributed by atoms with Gasteiger partial charge in [0.2, 0.25) is 0 Å². The maximum absolute atomic E-state index is 4.78. The summed E-state index contributed by atoms with van der Waals surface area (Å²) in [5.41, 5.74) is 9.42. The lowest BCUT2D eigenvalue weighted by atomic mass is 10.1. The smallest absolute Gasteiger partial charge is 0.0849 e. The van der Waals surface area contributed by atoms with Gasteiger partial charge in [0.1, 0.15) is 0 Å². The molecular formula is C24H25N3. The SMILES string of the molecule is CC(=Nc1cccc(C)c1C)c1cccc(C=Nc2cccc(C)c2C)n1. The van der Waals surface area contributed by atoms with Gasteiger partial charge in [-0.3, -0.25) is 9.98 Å². The molecule has 0 bridgehead atoms. The highest BCUT2D eigenvalue weighted by atomic mass is 14.8. The molecule has 3 heteroatoms. The first-order valence-electron chi connectivity index (χ1n) is 9.15. The van der Waals surface area contributed by atoms with E-state index < -0.39 is 0 Å². The second kappa shape index (κ2) is 8.09. The molecule has 1 heterocycles. The Hall–Kier alpha value is -3.07. The summed E-state index contributed by atoms with van der Waals surface area (Å²) in [6, 6.07) is 18.3. The second-order valence-corrected chi connectivity index (χ2v) is 6.84. The van der Waals surface area contributed by atoms with Gasteiger partial charge in [-0.2, -0.15) is 0 Å². The fraction of sp³-hybridized carbons (Fsp3) is 0.208. The molecule has 3 rings (SSSR count). The van der Waals surface area contributed by atoms with E-state index >= 15 is 0 Å². The van der Waals surface area contributed by atoms with Crippen molar-refractivity contribution in [2.75, 3.05) is 0 Å². The Balaban J connectivity index is 1.89. The number of pyridine rings is 1. The Morgan fingerprint density at radius 1 is 0.778 bits per heavy atom. The van der Waals surface area contributed by atoms with Crippen LogP contribution >= 0.6 is 0 Å². The number of aryl methyl sites for hydroxylation is 2. The molecule has 3 nitrogen and oxygen atoms in total. The van der Waals surface area contributed by atoms with Crippen molar-refractivity contribution in [1.82, 2.24) is 4.98 Å². The van der Waals surface area contributed by atoms with Crippen LogP contribution in [0, 0.1) is 27.7 Å². The van der Waals surface area contributed by atoms with E-state index in [0.29, 0.717) is 0 Å². The molecular weight excluding hydrogens is 330 g/mol. The minimum Gasteiger partial charge on any atom is -0.254 e. The number of hydrogen-bond donors (Lipinski definition) is 0. The van der Waals surface area contributed by atoms with Gasteiger partial charge in [0.15, 0.2) is 0 Å². The van der Waals surface area contributed by atoms with Crippen molar-refractivity contribution in [3.63, 3.8) is 0 Å². The molecule has 27 heavy (non-hydrogen) atoms. The van der Waals surface area contributed by atoms with Crippen LogP contribution in [0.1, 0.15) is 40.6 Å². The first kappa shape index (κ1) is 18.7. The predicted molar refractivity (Wildman–Crippen MR) is 115 cm³/mol. The molecule has 0 radical (unpaired) electrons. The van der Waals surface area contributed by atoms with Gasteiger partial charge in [-0.15, -0.1) is 0 Å². The van der Waals surface area contributed by atoms with Crippen LogP contribution in [-0.2, 0) is 0 Å². The lowest BCUT2D eigenvalue weighted by Crippen LogP contribution is -2.01. The molecule has 0 unspecified atom stereocenters. The van der Waals surface area contributed by atoms with Gasteiger partial charge in [0.05, 0.1) is 34.7 Å². The van der Waals surface area contributed by atoms with E-state index in [-0.39, 0.29) is 0 Å². The zero-order valence-corrected chi connectivity index (χ0v) is 16.6. The van der Waals surface area contributed by atoms with E-state index in [0.717, 1.165) is 28.5 Å². The van der Waals surface area contributed by atoms with Crippen LogP contribution in [0.3, 0.4) is 0 Å². The summed E-state index contributed by atoms with van der Waals surface area (Å²) in [5, 5.41) is 0. The van der Waals surface area contributed by atoms with Crippen molar-refractivity contribution in [2.45, 2.75) is 34.6 Å². The van der Waals surface area contributed by atoms with Crippen LogP contribution in [0.4, 0.5) is 11.4 Å². The molecule has 136 valence electrons. The summed E-state index contributed by atoms with van der Waals surface area (Å²) in [6.07, 6.45) is 1.82. The summed E-state index contributed by atoms with van der Waals surface area (Å²) in [4.78, 5) is 14.1. The lowest BCUT2D eigenvalue weighted by molar-refractivity contribution is 1.24. The Morgan fingerprint density at radius 3 is 2.07 bits per heavy atom. The van der Waals surface area contributed by atoms with Gasteiger partial charge in [0.25, 0.3) is 0 Å². The number of aromatic nitrogens is 1. The van der Waals surface area contributed by atoms with E-state index in [9.17, 15) is 0 Å². The van der Waals surface area contributed by atoms with Crippen molar-refractivity contribution in [2.24, 2.45) is 9.98 Å². The quantitative estimate of drug-likeness (QED) is 0.513. The van der Waals surface area contributed by atoms with Crippen molar-refractivity contribution < 1.29 is 0 Å². The van der Waals surface area contributed by atoms with Crippen LogP contribution in [0.15, 0.2) is 64.6 Å². The van der Waals surface area contributed by atoms with Crippen molar-refractivity contribution >= 4 is 23.3 Å². The summed E-state index contributed by atoms with van der Waals surface area (Å²) < 4.78 is 0. The largest absolute Gasteiger partial charge is 0.254 e. The van der Waals surface area contributed by atoms with Gasteiger partial charge in [-0.05, 0) is 81.1 Å². The number of nitrogens with zero attached hydrogens (tertiary/aromatic N) is 3. The Labute approximate surface area is 161 Å². The van der Waals surface area contributed by atoms with Crippen molar-refractivity contribution in [1.29, 1.82) is 0 Å². The van der Waals surface area contributed by atoms with Crippen LogP contribution < -0.4 is 0 Å². The van der Waals surface area contributed by atoms with E-state index in [4.69, 9.17) is 9.98 Å². The van der Waals surface area contributed by atoms with Crippen LogP contribution in [0.2, 0.25) is 0 Å². The van der Waals surface area contributed by atoms with Gasteiger partial charge >= 0.3 is 0 Å². The normalized spacial score (nSPS) is 12.0. The van der Waals surface area contributed by atoms with E-state index in [1.54, 1.807) is 0 Å². The molecule has 0 fully saturated rings. The molecule has 0 N–H and O–H groups in total. The van der Waals surface area contributed by atoms with E-state index in [1.165, 1.54) is 22.3 Å². The fourth-order valence-corrected chi connectivity index (χ4v) is 2.83. The topological polar surface area (TPSA) is 37.6 Å². The second-order valence-electron chi connectivity index (χ2n) is 6.84. The molecule has 0 saturated heterocycles. The van der Waals surface area contributed by atoms with Gasteiger partial charge < -0.3 is 0 Å². The molecule has 0 aliphatic heterocycles. The first-order valence-corrected chi connectivity index (χ1v) is 9.15. The molecule has 3 aromatic rings. The number of rotatable bonds is 4. The fourth-order valence-electron chi connectivity index (χ4n) is 2.83. The highest BCUT2D eigenvalue weighted by Gasteiger charge is 2.04. The molecule has 0 saturated carbocycles. The van der Waals surface area contributed by atoms with Crippen molar-refractivity contribution in [3.05, 3.63) is 88.2 Å². The standard InChI is InChI=1S/C24H25N3/c1-16-9-6-12-22(18(16)3)25-15-21-11-8-14-24(27-21)20(5)26-23-13-7-10-17(2)19(23)4/h6-15H,1-5H3. The minimum absolute atomic E-state index is 0.823. The van der Waals surface area contributed by atoms with E-state index in [2.05, 4.69) is 44.8 Å². The molecule has 0 aliphatic rings. The molecule has 0 amide bonds. The molecule has 0 aliphatic carbocycles. The third-order valence-electron chi connectivity index (χ3n) is 4.92. The molecule has 1 aromatic heterocycles. The summed E-state index contributed by atoms with van der Waals surface area (Å²) in [7, 11) is 0. The Bertz CT molecular complexity index is 1030. The van der Waals surface area contributed by atoms with Crippen molar-refractivity contribution in [3.8, 4) is 0 Å². The first-order chi connectivity index (χ1) is 13.0. The van der Waals surface area contributed by atoms with Crippen LogP contribution in [-0.4, -0.2) is 16.9 Å². The maximum Gasteiger partial charge on any atom is 0.0849 e. The average molecular weight is 355 g/mol. The zero-order valence-electron chi connectivity index (χ0n) is 16.6. The number of aliphatic imine (C=N–C) groups is 2. The Kier molecular flexibility index (Phi) is 5.60. The lowest BCUT2D eigenvalue weighted by Gasteiger charge is -2.06. The number of hydrogen-bond acceptors (Lipinski definition) is 3. The zero-order chi connectivity index (χ0) is 19.4. The molecule has 0 spiro atoms. The minimum atomic E-state index is 0.823. The Morgan fingerprint density at radius 2 is 1.37 bits per heavy atom. The van der Waals surface area contributed by atoms with Gasteiger partial charge in [0, 0.05) is 0 Å². The van der Waals surface area contributed by atoms with Gasteiger partial charge in [-0.25, -0.2) is 4.98 Å². The van der Waals surface area contributed by atoms with Gasteiger partial charge in [-0.1, -0.05) is 30.3 Å². The summed E-state index contributed by atoms with van der Waals surface area (Å²) >= 11 is 0. The molecule has 0 atom stereocenters. The summed E-state index contributed by atoms with van der Waals surface area (Å²) in [5.74, 6) is 0. The maximum atomic E-state index is 4.78. The monoisotopic (exact) mass is 355 g/mol. The highest BCUT2D eigenvalue weighted by Crippen LogP contribution is 2.23. The van der Waals surface area contributed by atoms with Crippen LogP contribution in [0.5, 0.6) is 0 Å². The van der Waals surface area contributed by atoms with Crippen LogP contribution in [0.25, 0.3) is 0 Å². The highest BCUT2D eigenvalue weighted by molar-refractivity contribution is 5.99. The predicted octanol–water partition coefficient (Wildman–Crippen LogP) is 6.21. The number of benzene rings is 2. The third-order valence-corrected chi connectivity index (χ3v) is 4.92. The molecule has 2 aromatic carbocycles. The van der Waals surface area contributed by atoms with E-state index in [1.807, 2.05) is 55.6 Å².